The van der Waals surface area contributed by atoms with Gasteiger partial charge in [0.15, 0.2) is 0 Å². The van der Waals surface area contributed by atoms with E-state index in [1.54, 1.807) is 0 Å². The van der Waals surface area contributed by atoms with E-state index in [9.17, 15) is 9.59 Å². The van der Waals surface area contributed by atoms with Gasteiger partial charge in [-0.3, -0.25) is 9.59 Å². The van der Waals surface area contributed by atoms with Gasteiger partial charge < -0.3 is 10.6 Å². The van der Waals surface area contributed by atoms with E-state index < -0.39 is 5.41 Å². The molecule has 1 fully saturated rings. The zero-order valence-corrected chi connectivity index (χ0v) is 12.5. The Kier molecular flexibility index (Phi) is 5.58. The van der Waals surface area contributed by atoms with Crippen LogP contribution in [0.3, 0.4) is 0 Å². The first kappa shape index (κ1) is 15.7. The predicted molar refractivity (Wildman–Crippen MR) is 76.6 cm³/mol. The average molecular weight is 266 g/mol. The van der Waals surface area contributed by atoms with Gasteiger partial charge in [0.2, 0.25) is 11.8 Å². The predicted octanol–water partition coefficient (Wildman–Crippen LogP) is 2.01. The Hall–Kier alpha value is -1.32. The summed E-state index contributed by atoms with van der Waals surface area (Å²) in [6, 6.07) is -0.0351. The second-order valence-corrected chi connectivity index (χ2v) is 5.90. The van der Waals surface area contributed by atoms with E-state index in [1.807, 2.05) is 39.8 Å². The number of hydrogen-bond acceptors (Lipinski definition) is 2. The fourth-order valence-corrected chi connectivity index (χ4v) is 2.20. The fraction of sp³-hybridized carbons (Fsp3) is 0.733. The molecule has 0 bridgehead atoms. The first-order chi connectivity index (χ1) is 8.87. The quantitative estimate of drug-likeness (QED) is 0.765. The molecule has 1 heterocycles. The van der Waals surface area contributed by atoms with Crippen molar-refractivity contribution in [3.8, 4) is 0 Å². The molecule has 4 nitrogen and oxygen atoms in total. The van der Waals surface area contributed by atoms with Crippen molar-refractivity contribution < 1.29 is 9.59 Å². The van der Waals surface area contributed by atoms with Crippen LogP contribution in [0.4, 0.5) is 0 Å². The van der Waals surface area contributed by atoms with Gasteiger partial charge in [-0.2, -0.15) is 0 Å². The summed E-state index contributed by atoms with van der Waals surface area (Å²) in [7, 11) is 0. The zero-order valence-electron chi connectivity index (χ0n) is 12.5. The number of hydrogen-bond donors (Lipinski definition) is 2. The largest absolute Gasteiger partial charge is 0.356 e. The van der Waals surface area contributed by atoms with E-state index in [-0.39, 0.29) is 23.8 Å². The van der Waals surface area contributed by atoms with Gasteiger partial charge in [0.1, 0.15) is 0 Å². The van der Waals surface area contributed by atoms with E-state index in [1.165, 1.54) is 0 Å². The molecule has 2 amide bonds. The first-order valence-electron chi connectivity index (χ1n) is 7.08. The minimum absolute atomic E-state index is 0.0257. The third-order valence-electron chi connectivity index (χ3n) is 4.02. The summed E-state index contributed by atoms with van der Waals surface area (Å²) in [5, 5.41) is 5.86. The molecule has 0 aromatic carbocycles. The van der Waals surface area contributed by atoms with Crippen LogP contribution < -0.4 is 10.6 Å². The van der Waals surface area contributed by atoms with Crippen LogP contribution in [-0.4, -0.2) is 24.4 Å². The van der Waals surface area contributed by atoms with Crippen LogP contribution in [0.5, 0.6) is 0 Å². The minimum atomic E-state index is -0.463. The highest BCUT2D eigenvalue weighted by atomic mass is 16.2. The summed E-state index contributed by atoms with van der Waals surface area (Å²) in [5.41, 5.74) is -0.463. The lowest BCUT2D eigenvalue weighted by Crippen LogP contribution is -2.46. The van der Waals surface area contributed by atoms with Crippen LogP contribution in [0, 0.1) is 11.3 Å². The van der Waals surface area contributed by atoms with Gasteiger partial charge in [-0.15, -0.1) is 0 Å². The molecule has 0 aromatic heterocycles. The standard InChI is InChI=1S/C15H26N2O2/c1-5-7-11(2)15(3,4)14(19)17-12-8-6-9-16-13(18)10-12/h5,7,11-12H,6,8-10H2,1-4H3,(H,16,18)(H,17,19)/b7-5+/t11-,12-/m0/s1. The zero-order chi connectivity index (χ0) is 14.5. The van der Waals surface area contributed by atoms with E-state index in [0.717, 1.165) is 12.8 Å². The van der Waals surface area contributed by atoms with Crippen LogP contribution in [0.25, 0.3) is 0 Å². The van der Waals surface area contributed by atoms with E-state index in [0.29, 0.717) is 13.0 Å². The van der Waals surface area contributed by atoms with Crippen molar-refractivity contribution in [1.82, 2.24) is 10.6 Å². The molecule has 0 spiro atoms. The number of amides is 2. The Morgan fingerprint density at radius 2 is 2.21 bits per heavy atom. The summed E-state index contributed by atoms with van der Waals surface area (Å²) in [4.78, 5) is 23.9. The number of nitrogens with one attached hydrogen (secondary N) is 2. The van der Waals surface area contributed by atoms with Gasteiger partial charge in [-0.05, 0) is 25.7 Å². The average Bonchev–Trinajstić information content (AvgIpc) is 2.53. The third-order valence-corrected chi connectivity index (χ3v) is 4.02. The van der Waals surface area contributed by atoms with Gasteiger partial charge in [0.25, 0.3) is 0 Å². The third kappa shape index (κ3) is 4.37. The molecule has 0 saturated carbocycles. The second kappa shape index (κ2) is 6.73. The normalized spacial score (nSPS) is 22.7. The molecular weight excluding hydrogens is 240 g/mol. The molecule has 1 saturated heterocycles. The second-order valence-electron chi connectivity index (χ2n) is 5.90. The highest BCUT2D eigenvalue weighted by Gasteiger charge is 2.34. The van der Waals surface area contributed by atoms with E-state index >= 15 is 0 Å². The summed E-state index contributed by atoms with van der Waals surface area (Å²) < 4.78 is 0. The monoisotopic (exact) mass is 266 g/mol. The summed E-state index contributed by atoms with van der Waals surface area (Å²) in [6.45, 7) is 8.61. The Morgan fingerprint density at radius 3 is 2.84 bits per heavy atom. The van der Waals surface area contributed by atoms with Crippen molar-refractivity contribution in [2.45, 2.75) is 53.0 Å². The van der Waals surface area contributed by atoms with Crippen LogP contribution in [-0.2, 0) is 9.59 Å². The highest BCUT2D eigenvalue weighted by molar-refractivity contribution is 5.84. The van der Waals surface area contributed by atoms with Crippen molar-refractivity contribution in [3.63, 3.8) is 0 Å². The Balaban J connectivity index is 2.64. The van der Waals surface area contributed by atoms with Crippen molar-refractivity contribution in [2.75, 3.05) is 6.54 Å². The maximum Gasteiger partial charge on any atom is 0.226 e. The van der Waals surface area contributed by atoms with Crippen molar-refractivity contribution in [3.05, 3.63) is 12.2 Å². The van der Waals surface area contributed by atoms with Crippen LogP contribution >= 0.6 is 0 Å². The molecule has 0 aliphatic carbocycles. The van der Waals surface area contributed by atoms with Crippen molar-refractivity contribution in [1.29, 1.82) is 0 Å². The van der Waals surface area contributed by atoms with Crippen molar-refractivity contribution >= 4 is 11.8 Å². The molecule has 0 aromatic rings. The van der Waals surface area contributed by atoms with Gasteiger partial charge in [0, 0.05) is 24.4 Å². The Morgan fingerprint density at radius 1 is 1.53 bits per heavy atom. The molecular formula is C15H26N2O2. The molecule has 1 rings (SSSR count). The molecule has 19 heavy (non-hydrogen) atoms. The van der Waals surface area contributed by atoms with Crippen LogP contribution in [0.1, 0.15) is 47.0 Å². The number of carbonyl (C=O) groups is 2. The van der Waals surface area contributed by atoms with E-state index in [2.05, 4.69) is 10.6 Å². The lowest BCUT2D eigenvalue weighted by atomic mass is 9.78. The summed E-state index contributed by atoms with van der Waals surface area (Å²) >= 11 is 0. The maximum atomic E-state index is 12.4. The Labute approximate surface area is 116 Å². The van der Waals surface area contributed by atoms with Gasteiger partial charge in [-0.1, -0.05) is 32.9 Å². The van der Waals surface area contributed by atoms with Gasteiger partial charge in [0.05, 0.1) is 0 Å². The highest BCUT2D eigenvalue weighted by Crippen LogP contribution is 2.28. The molecule has 0 unspecified atom stereocenters. The molecule has 2 atom stereocenters. The summed E-state index contributed by atoms with van der Waals surface area (Å²) in [5.74, 6) is 0.219. The number of allylic oxidation sites excluding steroid dienone is 2. The van der Waals surface area contributed by atoms with Crippen LogP contribution in [0.2, 0.25) is 0 Å². The minimum Gasteiger partial charge on any atom is -0.356 e. The summed E-state index contributed by atoms with van der Waals surface area (Å²) in [6.07, 6.45) is 6.18. The fourth-order valence-electron chi connectivity index (χ4n) is 2.20. The smallest absolute Gasteiger partial charge is 0.226 e. The van der Waals surface area contributed by atoms with Gasteiger partial charge >= 0.3 is 0 Å². The lowest BCUT2D eigenvalue weighted by molar-refractivity contribution is -0.132. The maximum absolute atomic E-state index is 12.4. The van der Waals surface area contributed by atoms with E-state index in [4.69, 9.17) is 0 Å². The molecule has 1 aliphatic heterocycles. The molecule has 0 radical (unpaired) electrons. The Bertz CT molecular complexity index is 361. The number of carbonyl (C=O) groups excluding carboxylic acids is 2. The molecule has 4 heteroatoms. The van der Waals surface area contributed by atoms with Crippen molar-refractivity contribution in [2.24, 2.45) is 11.3 Å². The lowest BCUT2D eigenvalue weighted by Gasteiger charge is -2.30. The van der Waals surface area contributed by atoms with Crippen LogP contribution in [0.15, 0.2) is 12.2 Å². The number of rotatable bonds is 4. The molecule has 1 aliphatic rings. The SMILES string of the molecule is C/C=C/[C@H](C)C(C)(C)C(=O)N[C@H]1CCCNC(=O)C1. The molecule has 2 N–H and O–H groups in total. The molecule has 108 valence electrons. The van der Waals surface area contributed by atoms with Gasteiger partial charge in [-0.25, -0.2) is 0 Å². The topological polar surface area (TPSA) is 58.2 Å². The first-order valence-corrected chi connectivity index (χ1v) is 7.08.